The number of alkyl halides is 3. The average Bonchev–Trinajstić information content (AvgIpc) is 2.68. The highest BCUT2D eigenvalue weighted by molar-refractivity contribution is 5.75. The van der Waals surface area contributed by atoms with Gasteiger partial charge < -0.3 is 14.6 Å². The fourth-order valence-corrected chi connectivity index (χ4v) is 3.49. The Bertz CT molecular complexity index is 917. The van der Waals surface area contributed by atoms with E-state index in [0.717, 1.165) is 22.4 Å². The van der Waals surface area contributed by atoms with Crippen molar-refractivity contribution in [2.75, 3.05) is 19.8 Å². The van der Waals surface area contributed by atoms with Crippen molar-refractivity contribution in [3.63, 3.8) is 0 Å². The second kappa shape index (κ2) is 8.36. The number of hydrogen-bond acceptors (Lipinski definition) is 3. The first-order valence-corrected chi connectivity index (χ1v) is 9.08. The van der Waals surface area contributed by atoms with Gasteiger partial charge in [-0.05, 0) is 42.7 Å². The molecule has 1 aromatic carbocycles. The van der Waals surface area contributed by atoms with Crippen LogP contribution in [0.2, 0.25) is 0 Å². The predicted octanol–water partition coefficient (Wildman–Crippen LogP) is 2.87. The first kappa shape index (κ1) is 21.0. The smallest absolute Gasteiger partial charge is 0.381 e. The van der Waals surface area contributed by atoms with Crippen LogP contribution in [-0.2, 0) is 27.7 Å². The molecule has 0 spiro atoms. The fourth-order valence-electron chi connectivity index (χ4n) is 3.49. The molecule has 2 aromatic rings. The molecule has 1 saturated heterocycles. The van der Waals surface area contributed by atoms with Crippen LogP contribution in [0.1, 0.15) is 24.0 Å². The molecule has 0 unspecified atom stereocenters. The number of amides is 1. The van der Waals surface area contributed by atoms with Gasteiger partial charge in [-0.3, -0.25) is 9.59 Å². The van der Waals surface area contributed by atoms with Gasteiger partial charge in [-0.25, -0.2) is 4.39 Å². The third-order valence-electron chi connectivity index (χ3n) is 5.17. The van der Waals surface area contributed by atoms with E-state index >= 15 is 0 Å². The molecule has 0 radical (unpaired) electrons. The van der Waals surface area contributed by atoms with Crippen molar-refractivity contribution < 1.29 is 27.1 Å². The van der Waals surface area contributed by atoms with Crippen molar-refractivity contribution in [2.24, 2.45) is 0 Å². The standard InChI is InChI=1S/C20H20F4N2O3/c21-15-5-3-14(4-6-15)19(7-10-29-11-8-19)13-25-17(27)12-26-9-1-2-16(18(26)28)20(22,23)24/h1-6,9H,7-8,10-13H2,(H,25,27). The Labute approximate surface area is 164 Å². The Kier molecular flexibility index (Phi) is 6.07. The molecule has 2 heterocycles. The topological polar surface area (TPSA) is 60.3 Å². The maximum absolute atomic E-state index is 13.3. The van der Waals surface area contributed by atoms with E-state index in [9.17, 15) is 27.2 Å². The maximum Gasteiger partial charge on any atom is 0.421 e. The molecule has 9 heteroatoms. The number of ether oxygens (including phenoxy) is 1. The Hall–Kier alpha value is -2.68. The Morgan fingerprint density at radius 1 is 1.14 bits per heavy atom. The zero-order chi connectivity index (χ0) is 21.1. The minimum Gasteiger partial charge on any atom is -0.381 e. The van der Waals surface area contributed by atoms with Gasteiger partial charge in [-0.15, -0.1) is 0 Å². The lowest BCUT2D eigenvalue weighted by Gasteiger charge is -2.38. The van der Waals surface area contributed by atoms with Crippen LogP contribution in [0.25, 0.3) is 0 Å². The van der Waals surface area contributed by atoms with E-state index in [1.807, 2.05) is 0 Å². The van der Waals surface area contributed by atoms with Crippen molar-refractivity contribution >= 4 is 5.91 Å². The summed E-state index contributed by atoms with van der Waals surface area (Å²) >= 11 is 0. The molecule has 29 heavy (non-hydrogen) atoms. The molecular formula is C20H20F4N2O3. The van der Waals surface area contributed by atoms with Crippen LogP contribution >= 0.6 is 0 Å². The normalized spacial score (nSPS) is 16.4. The number of carbonyl (C=O) groups is 1. The molecule has 156 valence electrons. The molecule has 5 nitrogen and oxygen atoms in total. The number of nitrogens with one attached hydrogen (secondary N) is 1. The third kappa shape index (κ3) is 4.84. The largest absolute Gasteiger partial charge is 0.421 e. The molecule has 0 saturated carbocycles. The van der Waals surface area contributed by atoms with E-state index in [1.54, 1.807) is 12.1 Å². The maximum atomic E-state index is 13.3. The molecule has 0 atom stereocenters. The third-order valence-corrected chi connectivity index (χ3v) is 5.17. The van der Waals surface area contributed by atoms with E-state index in [-0.39, 0.29) is 12.4 Å². The van der Waals surface area contributed by atoms with Crippen LogP contribution in [0.15, 0.2) is 47.4 Å². The number of nitrogens with zero attached hydrogens (tertiary/aromatic N) is 1. The van der Waals surface area contributed by atoms with E-state index in [1.165, 1.54) is 12.1 Å². The van der Waals surface area contributed by atoms with E-state index in [0.29, 0.717) is 32.1 Å². The van der Waals surface area contributed by atoms with E-state index in [2.05, 4.69) is 5.32 Å². The van der Waals surface area contributed by atoms with Gasteiger partial charge in [0.2, 0.25) is 5.91 Å². The van der Waals surface area contributed by atoms with Gasteiger partial charge in [0, 0.05) is 31.4 Å². The summed E-state index contributed by atoms with van der Waals surface area (Å²) in [6.45, 7) is 0.619. The van der Waals surface area contributed by atoms with Crippen LogP contribution < -0.4 is 10.9 Å². The van der Waals surface area contributed by atoms with Crippen LogP contribution in [0.3, 0.4) is 0 Å². The summed E-state index contributed by atoms with van der Waals surface area (Å²) in [5.41, 5.74) is -2.21. The Balaban J connectivity index is 1.73. The number of hydrogen-bond donors (Lipinski definition) is 1. The number of benzene rings is 1. The molecule has 1 N–H and O–H groups in total. The quantitative estimate of drug-likeness (QED) is 0.769. The fraction of sp³-hybridized carbons (Fsp3) is 0.400. The molecule has 0 aliphatic carbocycles. The molecule has 1 aliphatic rings. The second-order valence-corrected chi connectivity index (χ2v) is 7.03. The number of aromatic nitrogens is 1. The van der Waals surface area contributed by atoms with Gasteiger partial charge in [-0.1, -0.05) is 12.1 Å². The van der Waals surface area contributed by atoms with Crippen LogP contribution in [0.5, 0.6) is 0 Å². The monoisotopic (exact) mass is 412 g/mol. The lowest BCUT2D eigenvalue weighted by atomic mass is 9.74. The predicted molar refractivity (Wildman–Crippen MR) is 96.8 cm³/mol. The van der Waals surface area contributed by atoms with Crippen LogP contribution in [-0.4, -0.2) is 30.2 Å². The Morgan fingerprint density at radius 2 is 1.79 bits per heavy atom. The lowest BCUT2D eigenvalue weighted by molar-refractivity contribution is -0.139. The van der Waals surface area contributed by atoms with Gasteiger partial charge in [-0.2, -0.15) is 13.2 Å². The minimum atomic E-state index is -4.79. The van der Waals surface area contributed by atoms with Gasteiger partial charge in [0.05, 0.1) is 0 Å². The number of halogens is 4. The summed E-state index contributed by atoms with van der Waals surface area (Å²) in [7, 11) is 0. The summed E-state index contributed by atoms with van der Waals surface area (Å²) in [6.07, 6.45) is -2.45. The second-order valence-electron chi connectivity index (χ2n) is 7.03. The number of pyridine rings is 1. The zero-order valence-corrected chi connectivity index (χ0v) is 15.5. The first-order chi connectivity index (χ1) is 13.7. The van der Waals surface area contributed by atoms with Crippen LogP contribution in [0.4, 0.5) is 17.6 Å². The zero-order valence-electron chi connectivity index (χ0n) is 15.5. The molecule has 1 aliphatic heterocycles. The molecule has 1 fully saturated rings. The lowest BCUT2D eigenvalue weighted by Crippen LogP contribution is -2.46. The van der Waals surface area contributed by atoms with Crippen molar-refractivity contribution in [3.05, 3.63) is 69.9 Å². The van der Waals surface area contributed by atoms with Crippen molar-refractivity contribution in [3.8, 4) is 0 Å². The summed E-state index contributed by atoms with van der Waals surface area (Å²) in [5.74, 6) is -0.955. The first-order valence-electron chi connectivity index (χ1n) is 9.08. The summed E-state index contributed by atoms with van der Waals surface area (Å²) in [6, 6.07) is 7.76. The molecule has 0 bridgehead atoms. The van der Waals surface area contributed by atoms with E-state index in [4.69, 9.17) is 4.74 Å². The molecule has 1 amide bonds. The molecular weight excluding hydrogens is 392 g/mol. The van der Waals surface area contributed by atoms with Crippen molar-refractivity contribution in [2.45, 2.75) is 31.0 Å². The van der Waals surface area contributed by atoms with Crippen molar-refractivity contribution in [1.29, 1.82) is 0 Å². The van der Waals surface area contributed by atoms with E-state index < -0.39 is 35.2 Å². The van der Waals surface area contributed by atoms with Gasteiger partial charge in [0.15, 0.2) is 0 Å². The number of rotatable bonds is 5. The number of carbonyl (C=O) groups excluding carboxylic acids is 1. The SMILES string of the molecule is O=C(Cn1cccc(C(F)(F)F)c1=O)NCC1(c2ccc(F)cc2)CCOCC1. The summed E-state index contributed by atoms with van der Waals surface area (Å²) in [5, 5.41) is 2.71. The van der Waals surface area contributed by atoms with Gasteiger partial charge >= 0.3 is 6.18 Å². The molecule has 3 rings (SSSR count). The van der Waals surface area contributed by atoms with Crippen LogP contribution in [0, 0.1) is 5.82 Å². The average molecular weight is 412 g/mol. The summed E-state index contributed by atoms with van der Waals surface area (Å²) in [4.78, 5) is 24.3. The highest BCUT2D eigenvalue weighted by Gasteiger charge is 2.36. The molecule has 1 aromatic heterocycles. The van der Waals surface area contributed by atoms with Gasteiger partial charge in [0.1, 0.15) is 17.9 Å². The van der Waals surface area contributed by atoms with Gasteiger partial charge in [0.25, 0.3) is 5.56 Å². The highest BCUT2D eigenvalue weighted by Crippen LogP contribution is 2.34. The highest BCUT2D eigenvalue weighted by atomic mass is 19.4. The van der Waals surface area contributed by atoms with Crippen molar-refractivity contribution in [1.82, 2.24) is 9.88 Å². The Morgan fingerprint density at radius 3 is 2.41 bits per heavy atom. The minimum absolute atomic E-state index is 0.203. The summed E-state index contributed by atoms with van der Waals surface area (Å²) < 4.78 is 58.0.